The van der Waals surface area contributed by atoms with Gasteiger partial charge in [-0.2, -0.15) is 0 Å². The Labute approximate surface area is 299 Å². The fourth-order valence-electron chi connectivity index (χ4n) is 6.70. The molecule has 0 heterocycles. The summed E-state index contributed by atoms with van der Waals surface area (Å²) < 4.78 is 10.3. The largest absolute Gasteiger partial charge is 0.463 e. The summed E-state index contributed by atoms with van der Waals surface area (Å²) in [5.74, 6) is -0.319. The highest BCUT2D eigenvalue weighted by Crippen LogP contribution is 2.34. The van der Waals surface area contributed by atoms with Crippen LogP contribution in [-0.4, -0.2) is 64.6 Å². The predicted molar refractivity (Wildman–Crippen MR) is 197 cm³/mol. The Morgan fingerprint density at radius 3 is 1.69 bits per heavy atom. The average Bonchev–Trinajstić information content (AvgIpc) is 3.34. The molecular formula is C41H74O8. The lowest BCUT2D eigenvalue weighted by atomic mass is 9.88. The number of ketones is 1. The molecule has 3 N–H and O–H groups in total. The van der Waals surface area contributed by atoms with Gasteiger partial charge in [-0.05, 0) is 37.5 Å². The summed E-state index contributed by atoms with van der Waals surface area (Å²) in [6.45, 7) is 6.34. The van der Waals surface area contributed by atoms with Crippen molar-refractivity contribution in [1.29, 1.82) is 0 Å². The number of rotatable bonds is 32. The Bertz CT molecular complexity index is 872. The molecule has 0 aromatic carbocycles. The van der Waals surface area contributed by atoms with Crippen molar-refractivity contribution in [3.05, 3.63) is 12.2 Å². The normalized spacial score (nSPS) is 19.2. The van der Waals surface area contributed by atoms with Crippen molar-refractivity contribution in [3.8, 4) is 0 Å². The van der Waals surface area contributed by atoms with Crippen molar-refractivity contribution in [3.63, 3.8) is 0 Å². The minimum Gasteiger partial charge on any atom is -0.463 e. The molecule has 1 aliphatic carbocycles. The molecule has 1 saturated carbocycles. The molecule has 0 spiro atoms. The Morgan fingerprint density at radius 2 is 1.18 bits per heavy atom. The van der Waals surface area contributed by atoms with Crippen LogP contribution in [0.15, 0.2) is 12.2 Å². The molecule has 0 unspecified atom stereocenters. The first-order chi connectivity index (χ1) is 23.6. The van der Waals surface area contributed by atoms with E-state index in [0.29, 0.717) is 19.3 Å². The molecule has 8 nitrogen and oxygen atoms in total. The smallest absolute Gasteiger partial charge is 0.305 e. The molecule has 0 bridgehead atoms. The van der Waals surface area contributed by atoms with Gasteiger partial charge in [0.2, 0.25) is 0 Å². The van der Waals surface area contributed by atoms with Crippen LogP contribution in [-0.2, 0) is 23.9 Å². The first kappa shape index (κ1) is 45.3. The fraction of sp³-hybridized carbons (Fsp3) is 0.878. The second-order valence-electron chi connectivity index (χ2n) is 15.0. The summed E-state index contributed by atoms with van der Waals surface area (Å²) in [6.07, 6.45) is 26.0. The zero-order valence-corrected chi connectivity index (χ0v) is 31.6. The summed E-state index contributed by atoms with van der Waals surface area (Å²) in [4.78, 5) is 36.5. The average molecular weight is 695 g/mol. The van der Waals surface area contributed by atoms with Crippen LogP contribution in [0.2, 0.25) is 0 Å². The third-order valence-corrected chi connectivity index (χ3v) is 9.84. The second kappa shape index (κ2) is 29.9. The maximum absolute atomic E-state index is 12.4. The number of aliphatic hydroxyl groups is 3. The van der Waals surface area contributed by atoms with Gasteiger partial charge < -0.3 is 24.8 Å². The lowest BCUT2D eigenvalue weighted by Gasteiger charge is -2.19. The van der Waals surface area contributed by atoms with Crippen LogP contribution in [0.5, 0.6) is 0 Å². The van der Waals surface area contributed by atoms with Crippen LogP contribution in [0.4, 0.5) is 0 Å². The minimum atomic E-state index is -1.03. The highest BCUT2D eigenvalue weighted by molar-refractivity contribution is 5.86. The number of hydrogen-bond donors (Lipinski definition) is 3. The molecular weight excluding hydrogens is 620 g/mol. The summed E-state index contributed by atoms with van der Waals surface area (Å²) in [5, 5.41) is 30.6. The van der Waals surface area contributed by atoms with Crippen LogP contribution >= 0.6 is 0 Å². The molecule has 1 aliphatic rings. The van der Waals surface area contributed by atoms with Crippen molar-refractivity contribution in [2.24, 2.45) is 17.8 Å². The van der Waals surface area contributed by atoms with Crippen LogP contribution < -0.4 is 0 Å². The van der Waals surface area contributed by atoms with Gasteiger partial charge in [0.05, 0.1) is 12.2 Å². The first-order valence-electron chi connectivity index (χ1n) is 20.2. The number of allylic oxidation sites excluding steroid dienone is 1. The van der Waals surface area contributed by atoms with Gasteiger partial charge in [0.1, 0.15) is 25.1 Å². The molecule has 0 aliphatic heterocycles. The Kier molecular flexibility index (Phi) is 27.6. The maximum Gasteiger partial charge on any atom is 0.305 e. The van der Waals surface area contributed by atoms with E-state index in [1.54, 1.807) is 12.2 Å². The summed E-state index contributed by atoms with van der Waals surface area (Å²) in [5.41, 5.74) is 0. The summed E-state index contributed by atoms with van der Waals surface area (Å²) in [7, 11) is 0. The monoisotopic (exact) mass is 695 g/mol. The molecule has 1 fully saturated rings. The highest BCUT2D eigenvalue weighted by Gasteiger charge is 2.39. The summed E-state index contributed by atoms with van der Waals surface area (Å²) >= 11 is 0. The van der Waals surface area contributed by atoms with Gasteiger partial charge in [0.25, 0.3) is 0 Å². The molecule has 0 radical (unpaired) electrons. The van der Waals surface area contributed by atoms with Gasteiger partial charge in [-0.25, -0.2) is 0 Å². The Morgan fingerprint density at radius 1 is 0.714 bits per heavy atom. The van der Waals surface area contributed by atoms with E-state index in [1.165, 1.54) is 64.2 Å². The molecule has 286 valence electrons. The molecule has 0 amide bonds. The number of Topliss-reactive ketones (excluding diaryl/α,β-unsaturated/α-hetero) is 1. The standard InChI is InChI=1S/C41H74O8/c1-4-5-18-24-34(42)28-29-37-36(38(44)30-39(37)45)25-20-16-17-22-27-41(47)49-32-35(43)31-48-40(46)26-21-15-13-11-9-7-6-8-10-12-14-19-23-33(2)3/h28-29,33-38,42-44H,4-27,30-32H2,1-3H3/b29-28+/t34-,35-,36+,37+,38-/m0/s1. The van der Waals surface area contributed by atoms with E-state index in [0.717, 1.165) is 70.1 Å². The third-order valence-electron chi connectivity index (χ3n) is 9.84. The molecule has 5 atom stereocenters. The van der Waals surface area contributed by atoms with E-state index in [4.69, 9.17) is 9.47 Å². The lowest BCUT2D eigenvalue weighted by molar-refractivity contribution is -0.152. The number of hydrogen-bond acceptors (Lipinski definition) is 8. The van der Waals surface area contributed by atoms with Gasteiger partial charge in [0.15, 0.2) is 0 Å². The van der Waals surface area contributed by atoms with Gasteiger partial charge in [-0.1, -0.05) is 148 Å². The molecule has 1 rings (SSSR count). The fourth-order valence-corrected chi connectivity index (χ4v) is 6.70. The van der Waals surface area contributed by atoms with Crippen molar-refractivity contribution in [1.82, 2.24) is 0 Å². The van der Waals surface area contributed by atoms with Crippen molar-refractivity contribution in [2.75, 3.05) is 13.2 Å². The number of esters is 2. The molecule has 8 heteroatoms. The highest BCUT2D eigenvalue weighted by atomic mass is 16.6. The Balaban J connectivity index is 2.00. The van der Waals surface area contributed by atoms with Crippen molar-refractivity contribution < 1.29 is 39.2 Å². The lowest BCUT2D eigenvalue weighted by Crippen LogP contribution is -2.25. The molecule has 0 saturated heterocycles. The van der Waals surface area contributed by atoms with Crippen molar-refractivity contribution >= 4 is 17.7 Å². The van der Waals surface area contributed by atoms with Crippen molar-refractivity contribution in [2.45, 2.75) is 200 Å². The Hall–Kier alpha value is -1.77. The number of carbonyl (C=O) groups is 3. The van der Waals surface area contributed by atoms with E-state index in [9.17, 15) is 29.7 Å². The predicted octanol–water partition coefficient (Wildman–Crippen LogP) is 8.96. The molecule has 0 aromatic heterocycles. The number of aliphatic hydroxyl groups excluding tert-OH is 3. The number of carbonyl (C=O) groups excluding carboxylic acids is 3. The zero-order chi connectivity index (χ0) is 36.1. The molecule has 0 aromatic rings. The van der Waals surface area contributed by atoms with Crippen LogP contribution in [0.1, 0.15) is 181 Å². The van der Waals surface area contributed by atoms with Crippen LogP contribution in [0.3, 0.4) is 0 Å². The van der Waals surface area contributed by atoms with E-state index < -0.39 is 18.3 Å². The zero-order valence-electron chi connectivity index (χ0n) is 31.6. The van der Waals surface area contributed by atoms with Gasteiger partial charge >= 0.3 is 11.9 Å². The first-order valence-corrected chi connectivity index (χ1v) is 20.2. The topological polar surface area (TPSA) is 130 Å². The van der Waals surface area contributed by atoms with E-state index >= 15 is 0 Å². The quantitative estimate of drug-likeness (QED) is 0.0362. The van der Waals surface area contributed by atoms with Crippen LogP contribution in [0.25, 0.3) is 0 Å². The van der Waals surface area contributed by atoms with E-state index in [2.05, 4.69) is 20.8 Å². The van der Waals surface area contributed by atoms with Gasteiger partial charge in [-0.15, -0.1) is 0 Å². The number of unbranched alkanes of at least 4 members (excludes halogenated alkanes) is 16. The maximum atomic E-state index is 12.4. The van der Waals surface area contributed by atoms with Crippen LogP contribution in [0, 0.1) is 17.8 Å². The summed E-state index contributed by atoms with van der Waals surface area (Å²) in [6, 6.07) is 0. The third kappa shape index (κ3) is 24.9. The SMILES string of the molecule is CCCCC[C@H](O)/C=C/[C@H]1C(=O)C[C@H](O)[C@@H]1CCCCCCC(=O)OC[C@@H](O)COC(=O)CCCCCCCCCCCCCCC(C)C. The van der Waals surface area contributed by atoms with E-state index in [-0.39, 0.29) is 55.6 Å². The van der Waals surface area contributed by atoms with E-state index in [1.807, 2.05) is 0 Å². The minimum absolute atomic E-state index is 0.0362. The van der Waals surface area contributed by atoms with Gasteiger partial charge in [0, 0.05) is 25.2 Å². The second-order valence-corrected chi connectivity index (χ2v) is 15.0. The molecule has 49 heavy (non-hydrogen) atoms. The number of ether oxygens (including phenoxy) is 2. The van der Waals surface area contributed by atoms with Gasteiger partial charge in [-0.3, -0.25) is 14.4 Å².